The Hall–Kier alpha value is -0.160. The minimum atomic E-state index is 0.702. The van der Waals surface area contributed by atoms with E-state index in [0.29, 0.717) is 6.61 Å². The third-order valence-electron chi connectivity index (χ3n) is 3.53. The van der Waals surface area contributed by atoms with Crippen molar-refractivity contribution in [2.75, 3.05) is 53.6 Å². The van der Waals surface area contributed by atoms with Crippen molar-refractivity contribution in [3.63, 3.8) is 0 Å². The van der Waals surface area contributed by atoms with Gasteiger partial charge in [-0.25, -0.2) is 0 Å². The normalized spacial score (nSPS) is 22.0. The van der Waals surface area contributed by atoms with Crippen molar-refractivity contribution >= 4 is 0 Å². The first-order valence-corrected chi connectivity index (χ1v) is 7.31. The molecular formula is C14H30N2O2. The van der Waals surface area contributed by atoms with E-state index in [4.69, 9.17) is 9.47 Å². The van der Waals surface area contributed by atoms with Crippen LogP contribution < -0.4 is 5.32 Å². The summed E-state index contributed by atoms with van der Waals surface area (Å²) >= 11 is 0. The zero-order valence-corrected chi connectivity index (χ0v) is 12.1. The summed E-state index contributed by atoms with van der Waals surface area (Å²) in [7, 11) is 3.93. The van der Waals surface area contributed by atoms with Gasteiger partial charge < -0.3 is 19.7 Å². The van der Waals surface area contributed by atoms with Gasteiger partial charge in [0.15, 0.2) is 0 Å². The van der Waals surface area contributed by atoms with Gasteiger partial charge in [-0.2, -0.15) is 0 Å². The molecule has 0 amide bonds. The maximum atomic E-state index is 5.44. The van der Waals surface area contributed by atoms with Crippen LogP contribution in [0.2, 0.25) is 0 Å². The first-order valence-electron chi connectivity index (χ1n) is 7.31. The highest BCUT2D eigenvalue weighted by Crippen LogP contribution is 2.09. The molecule has 4 heteroatoms. The second kappa shape index (κ2) is 10.7. The molecule has 0 aliphatic carbocycles. The van der Waals surface area contributed by atoms with E-state index in [0.717, 1.165) is 32.2 Å². The molecule has 1 aliphatic rings. The van der Waals surface area contributed by atoms with Gasteiger partial charge in [-0.15, -0.1) is 0 Å². The van der Waals surface area contributed by atoms with Gasteiger partial charge in [0.25, 0.3) is 0 Å². The standard InChI is InChI=1S/C14H30N2O2/c1-16-9-5-6-14(7-10-16)15-8-3-4-11-18-13-12-17-2/h14-15H,3-13H2,1-2H3. The van der Waals surface area contributed by atoms with Gasteiger partial charge in [0.05, 0.1) is 13.2 Å². The molecule has 1 saturated heterocycles. The van der Waals surface area contributed by atoms with Gasteiger partial charge in [0, 0.05) is 19.8 Å². The smallest absolute Gasteiger partial charge is 0.0700 e. The predicted octanol–water partition coefficient (Wildman–Crippen LogP) is 1.50. The van der Waals surface area contributed by atoms with E-state index in [-0.39, 0.29) is 0 Å². The first-order chi connectivity index (χ1) is 8.83. The van der Waals surface area contributed by atoms with E-state index in [1.165, 1.54) is 38.8 Å². The number of nitrogens with one attached hydrogen (secondary N) is 1. The van der Waals surface area contributed by atoms with Gasteiger partial charge in [0.2, 0.25) is 0 Å². The van der Waals surface area contributed by atoms with E-state index >= 15 is 0 Å². The Morgan fingerprint density at radius 1 is 1.11 bits per heavy atom. The second-order valence-electron chi connectivity index (χ2n) is 5.20. The molecule has 0 aromatic carbocycles. The Balaban J connectivity index is 1.88. The van der Waals surface area contributed by atoms with Crippen LogP contribution in [0.25, 0.3) is 0 Å². The maximum Gasteiger partial charge on any atom is 0.0700 e. The van der Waals surface area contributed by atoms with Crippen LogP contribution in [0.3, 0.4) is 0 Å². The molecule has 0 aromatic rings. The molecule has 1 aliphatic heterocycles. The van der Waals surface area contributed by atoms with Crippen LogP contribution in [-0.2, 0) is 9.47 Å². The summed E-state index contributed by atoms with van der Waals surface area (Å²) in [5.41, 5.74) is 0. The molecule has 0 bridgehead atoms. The number of hydrogen-bond donors (Lipinski definition) is 1. The number of methoxy groups -OCH3 is 1. The number of unbranched alkanes of at least 4 members (excludes halogenated alkanes) is 1. The molecule has 4 nitrogen and oxygen atoms in total. The van der Waals surface area contributed by atoms with Crippen LogP contribution in [0.4, 0.5) is 0 Å². The Labute approximate surface area is 112 Å². The first kappa shape index (κ1) is 15.9. The topological polar surface area (TPSA) is 33.7 Å². The minimum Gasteiger partial charge on any atom is -0.382 e. The maximum absolute atomic E-state index is 5.44. The third-order valence-corrected chi connectivity index (χ3v) is 3.53. The van der Waals surface area contributed by atoms with Gasteiger partial charge in [0.1, 0.15) is 0 Å². The lowest BCUT2D eigenvalue weighted by molar-refractivity contribution is 0.0687. The van der Waals surface area contributed by atoms with Gasteiger partial charge in [-0.05, 0) is 58.8 Å². The van der Waals surface area contributed by atoms with Crippen molar-refractivity contribution < 1.29 is 9.47 Å². The second-order valence-corrected chi connectivity index (χ2v) is 5.20. The fourth-order valence-corrected chi connectivity index (χ4v) is 2.32. The molecule has 0 spiro atoms. The molecule has 18 heavy (non-hydrogen) atoms. The summed E-state index contributed by atoms with van der Waals surface area (Å²) in [6, 6.07) is 0.726. The lowest BCUT2D eigenvalue weighted by Crippen LogP contribution is -2.31. The van der Waals surface area contributed by atoms with E-state index in [1.54, 1.807) is 7.11 Å². The summed E-state index contributed by atoms with van der Waals surface area (Å²) in [5, 5.41) is 3.68. The molecule has 0 saturated carbocycles. The molecule has 0 radical (unpaired) electrons. The van der Waals surface area contributed by atoms with Crippen molar-refractivity contribution in [2.24, 2.45) is 0 Å². The molecule has 1 heterocycles. The largest absolute Gasteiger partial charge is 0.382 e. The summed E-state index contributed by atoms with van der Waals surface area (Å²) in [6.07, 6.45) is 6.30. The number of ether oxygens (including phenoxy) is 2. The monoisotopic (exact) mass is 258 g/mol. The van der Waals surface area contributed by atoms with E-state index in [2.05, 4.69) is 17.3 Å². The Morgan fingerprint density at radius 2 is 2.00 bits per heavy atom. The van der Waals surface area contributed by atoms with Crippen LogP contribution in [0, 0.1) is 0 Å². The number of rotatable bonds is 9. The average Bonchev–Trinajstić information content (AvgIpc) is 2.58. The van der Waals surface area contributed by atoms with Crippen LogP contribution in [-0.4, -0.2) is 64.6 Å². The quantitative estimate of drug-likeness (QED) is 0.636. The van der Waals surface area contributed by atoms with Crippen molar-refractivity contribution in [2.45, 2.75) is 38.1 Å². The van der Waals surface area contributed by atoms with Crippen LogP contribution >= 0.6 is 0 Å². The molecule has 108 valence electrons. The Bertz CT molecular complexity index is 191. The predicted molar refractivity (Wildman–Crippen MR) is 75.1 cm³/mol. The molecule has 1 atom stereocenters. The van der Waals surface area contributed by atoms with Crippen molar-refractivity contribution in [3.8, 4) is 0 Å². The highest BCUT2D eigenvalue weighted by Gasteiger charge is 2.13. The average molecular weight is 258 g/mol. The molecule has 1 unspecified atom stereocenters. The number of likely N-dealkylation sites (tertiary alicyclic amines) is 1. The van der Waals surface area contributed by atoms with Gasteiger partial charge in [-0.3, -0.25) is 0 Å². The zero-order chi connectivity index (χ0) is 13.1. The highest BCUT2D eigenvalue weighted by atomic mass is 16.5. The summed E-state index contributed by atoms with van der Waals surface area (Å²) < 4.78 is 10.4. The van der Waals surface area contributed by atoms with E-state index in [9.17, 15) is 0 Å². The molecule has 1 rings (SSSR count). The van der Waals surface area contributed by atoms with E-state index < -0.39 is 0 Å². The summed E-state index contributed by atoms with van der Waals surface area (Å²) in [4.78, 5) is 2.44. The Morgan fingerprint density at radius 3 is 2.83 bits per heavy atom. The lowest BCUT2D eigenvalue weighted by Gasteiger charge is -2.16. The van der Waals surface area contributed by atoms with Gasteiger partial charge in [-0.1, -0.05) is 0 Å². The van der Waals surface area contributed by atoms with Gasteiger partial charge >= 0.3 is 0 Å². The zero-order valence-electron chi connectivity index (χ0n) is 12.1. The third kappa shape index (κ3) is 8.03. The SMILES string of the molecule is COCCOCCCCNC1CCCN(C)CC1. The van der Waals surface area contributed by atoms with Crippen molar-refractivity contribution in [1.29, 1.82) is 0 Å². The highest BCUT2D eigenvalue weighted by molar-refractivity contribution is 4.73. The molecule has 0 aromatic heterocycles. The van der Waals surface area contributed by atoms with Crippen LogP contribution in [0.5, 0.6) is 0 Å². The Kier molecular flexibility index (Phi) is 9.48. The fourth-order valence-electron chi connectivity index (χ4n) is 2.32. The van der Waals surface area contributed by atoms with Crippen LogP contribution in [0.1, 0.15) is 32.1 Å². The van der Waals surface area contributed by atoms with Crippen molar-refractivity contribution in [1.82, 2.24) is 10.2 Å². The summed E-state index contributed by atoms with van der Waals surface area (Å²) in [5.74, 6) is 0. The molecule has 1 fully saturated rings. The molecule has 1 N–H and O–H groups in total. The van der Waals surface area contributed by atoms with Crippen LogP contribution in [0.15, 0.2) is 0 Å². The lowest BCUT2D eigenvalue weighted by atomic mass is 10.1. The molecular weight excluding hydrogens is 228 g/mol. The number of hydrogen-bond acceptors (Lipinski definition) is 4. The van der Waals surface area contributed by atoms with E-state index in [1.807, 2.05) is 0 Å². The summed E-state index contributed by atoms with van der Waals surface area (Å²) in [6.45, 7) is 5.90. The fraction of sp³-hybridized carbons (Fsp3) is 1.00. The van der Waals surface area contributed by atoms with Crippen molar-refractivity contribution in [3.05, 3.63) is 0 Å². The number of nitrogens with zero attached hydrogens (tertiary/aromatic N) is 1. The minimum absolute atomic E-state index is 0.702.